The van der Waals surface area contributed by atoms with Crippen LogP contribution in [0.4, 0.5) is 0 Å². The molecule has 0 fully saturated rings. The molecule has 0 aromatic heterocycles. The van der Waals surface area contributed by atoms with Crippen LogP contribution < -0.4 is 10.2 Å². The first-order valence-electron chi connectivity index (χ1n) is 10.4. The molecule has 5 nitrogen and oxygen atoms in total. The predicted molar refractivity (Wildman–Crippen MR) is 111 cm³/mol. The number of nitrogens with one attached hydrogen (secondary N) is 1. The Labute approximate surface area is 164 Å². The van der Waals surface area contributed by atoms with Crippen molar-refractivity contribution >= 4 is 12.1 Å². The quantitative estimate of drug-likeness (QED) is 0.239. The van der Waals surface area contributed by atoms with Crippen molar-refractivity contribution in [1.29, 1.82) is 0 Å². The highest BCUT2D eigenvalue weighted by molar-refractivity contribution is 5.85. The molecule has 0 saturated heterocycles. The van der Waals surface area contributed by atoms with Crippen LogP contribution in [0.2, 0.25) is 0 Å². The van der Waals surface area contributed by atoms with Crippen molar-refractivity contribution < 1.29 is 14.6 Å². The minimum absolute atomic E-state index is 0.0930. The fourth-order valence-corrected chi connectivity index (χ4v) is 2.94. The van der Waals surface area contributed by atoms with Gasteiger partial charge in [-0.2, -0.15) is 5.10 Å². The first-order chi connectivity index (χ1) is 13.2. The monoisotopic (exact) mass is 376 g/mol. The van der Waals surface area contributed by atoms with Gasteiger partial charge in [0.25, 0.3) is 0 Å². The molecular formula is C22H36N2O3. The van der Waals surface area contributed by atoms with E-state index in [-0.39, 0.29) is 11.7 Å². The van der Waals surface area contributed by atoms with Gasteiger partial charge in [-0.25, -0.2) is 5.43 Å². The Balaban J connectivity index is 2.04. The average molecular weight is 377 g/mol. The highest BCUT2D eigenvalue weighted by Crippen LogP contribution is 2.21. The van der Waals surface area contributed by atoms with E-state index in [1.54, 1.807) is 19.2 Å². The number of hydrogen-bond acceptors (Lipinski definition) is 4. The van der Waals surface area contributed by atoms with Gasteiger partial charge >= 0.3 is 0 Å². The molecule has 0 radical (unpaired) electrons. The van der Waals surface area contributed by atoms with Crippen LogP contribution >= 0.6 is 0 Å². The molecule has 1 aromatic rings. The van der Waals surface area contributed by atoms with Gasteiger partial charge in [0.1, 0.15) is 11.5 Å². The van der Waals surface area contributed by atoms with E-state index in [1.165, 1.54) is 70.1 Å². The van der Waals surface area contributed by atoms with Crippen LogP contribution in [0.15, 0.2) is 23.3 Å². The van der Waals surface area contributed by atoms with Crippen LogP contribution in [0.3, 0.4) is 0 Å². The van der Waals surface area contributed by atoms with Gasteiger partial charge in [0.05, 0.1) is 13.3 Å². The number of unbranched alkanes of at least 4 members (excludes halogenated alkanes) is 10. The van der Waals surface area contributed by atoms with Gasteiger partial charge in [-0.3, -0.25) is 4.79 Å². The van der Waals surface area contributed by atoms with Gasteiger partial charge in [-0.05, 0) is 24.6 Å². The van der Waals surface area contributed by atoms with Gasteiger partial charge < -0.3 is 9.84 Å². The Kier molecular flexibility index (Phi) is 12.8. The van der Waals surface area contributed by atoms with E-state index in [0.717, 1.165) is 12.8 Å². The molecule has 1 aromatic carbocycles. The van der Waals surface area contributed by atoms with Crippen molar-refractivity contribution in [3.8, 4) is 11.5 Å². The van der Waals surface area contributed by atoms with Crippen LogP contribution in [0.1, 0.15) is 89.5 Å². The van der Waals surface area contributed by atoms with Gasteiger partial charge in [0, 0.05) is 12.0 Å². The van der Waals surface area contributed by atoms with E-state index < -0.39 is 0 Å². The molecule has 0 unspecified atom stereocenters. The number of phenols is 1. The number of carbonyl (C=O) groups is 1. The third kappa shape index (κ3) is 11.3. The number of nitrogens with zero attached hydrogens (tertiary/aromatic N) is 1. The summed E-state index contributed by atoms with van der Waals surface area (Å²) in [4.78, 5) is 11.8. The Morgan fingerprint density at radius 3 is 2.22 bits per heavy atom. The molecule has 5 heteroatoms. The fourth-order valence-electron chi connectivity index (χ4n) is 2.94. The molecular weight excluding hydrogens is 340 g/mol. The molecule has 0 aliphatic carbocycles. The summed E-state index contributed by atoms with van der Waals surface area (Å²) >= 11 is 0. The molecule has 0 heterocycles. The molecule has 0 aliphatic heterocycles. The Morgan fingerprint density at radius 1 is 1.04 bits per heavy atom. The summed E-state index contributed by atoms with van der Waals surface area (Å²) < 4.78 is 5.10. The second kappa shape index (κ2) is 15.1. The normalized spacial score (nSPS) is 11.0. The summed E-state index contributed by atoms with van der Waals surface area (Å²) in [7, 11) is 1.56. The van der Waals surface area contributed by atoms with Crippen LogP contribution in [0.5, 0.6) is 11.5 Å². The molecule has 2 N–H and O–H groups in total. The lowest BCUT2D eigenvalue weighted by Crippen LogP contribution is -2.16. The van der Waals surface area contributed by atoms with Gasteiger partial charge in [0.2, 0.25) is 5.91 Å². The first kappa shape index (κ1) is 23.0. The van der Waals surface area contributed by atoms with Crippen LogP contribution in [-0.4, -0.2) is 24.3 Å². The summed E-state index contributed by atoms with van der Waals surface area (Å²) in [5.74, 6) is 0.630. The zero-order valence-corrected chi connectivity index (χ0v) is 17.0. The minimum Gasteiger partial charge on any atom is -0.507 e. The predicted octanol–water partition coefficient (Wildman–Crippen LogP) is 5.55. The number of hydrogen-bond donors (Lipinski definition) is 2. The highest BCUT2D eigenvalue weighted by Gasteiger charge is 2.02. The Bertz CT molecular complexity index is 558. The topological polar surface area (TPSA) is 70.9 Å². The van der Waals surface area contributed by atoms with Crippen molar-refractivity contribution in [2.24, 2.45) is 5.10 Å². The van der Waals surface area contributed by atoms with Crippen molar-refractivity contribution in [2.75, 3.05) is 7.11 Å². The molecule has 0 atom stereocenters. The largest absolute Gasteiger partial charge is 0.507 e. The van der Waals surface area contributed by atoms with Crippen molar-refractivity contribution in [1.82, 2.24) is 5.43 Å². The maximum absolute atomic E-state index is 11.8. The number of methoxy groups -OCH3 is 1. The summed E-state index contributed by atoms with van der Waals surface area (Å²) in [5, 5.41) is 13.7. The first-order valence-corrected chi connectivity index (χ1v) is 10.4. The summed E-state index contributed by atoms with van der Waals surface area (Å²) in [6.45, 7) is 2.25. The number of aromatic hydroxyl groups is 1. The number of phenolic OH excluding ortho intramolecular Hbond substituents is 1. The number of rotatable bonds is 15. The average Bonchev–Trinajstić information content (AvgIpc) is 2.67. The third-order valence-electron chi connectivity index (χ3n) is 4.63. The maximum atomic E-state index is 11.8. The second-order valence-corrected chi connectivity index (χ2v) is 7.00. The lowest BCUT2D eigenvalue weighted by Gasteiger charge is -2.04. The lowest BCUT2D eigenvalue weighted by atomic mass is 10.1. The maximum Gasteiger partial charge on any atom is 0.240 e. The molecule has 1 rings (SSSR count). The molecule has 0 bridgehead atoms. The second-order valence-electron chi connectivity index (χ2n) is 7.00. The fraction of sp³-hybridized carbons (Fsp3) is 0.636. The van der Waals surface area contributed by atoms with Crippen molar-refractivity contribution in [3.63, 3.8) is 0 Å². The molecule has 0 spiro atoms. The smallest absolute Gasteiger partial charge is 0.240 e. The van der Waals surface area contributed by atoms with Gasteiger partial charge in [-0.15, -0.1) is 0 Å². The van der Waals surface area contributed by atoms with Gasteiger partial charge in [0.15, 0.2) is 0 Å². The van der Waals surface area contributed by atoms with E-state index in [1.807, 2.05) is 0 Å². The SMILES string of the molecule is CCCCCCCCCCCCCC(=O)N/N=C\c1cc(OC)ccc1O. The molecule has 0 aliphatic rings. The number of ether oxygens (including phenoxy) is 1. The van der Waals surface area contributed by atoms with E-state index in [4.69, 9.17) is 4.74 Å². The minimum atomic E-state index is -0.0930. The van der Waals surface area contributed by atoms with Crippen molar-refractivity contribution in [3.05, 3.63) is 23.8 Å². The number of amides is 1. The van der Waals surface area contributed by atoms with Gasteiger partial charge in [-0.1, -0.05) is 71.1 Å². The van der Waals surface area contributed by atoms with E-state index >= 15 is 0 Å². The Hall–Kier alpha value is -2.04. The van der Waals surface area contributed by atoms with Crippen LogP contribution in [0.25, 0.3) is 0 Å². The lowest BCUT2D eigenvalue weighted by molar-refractivity contribution is -0.121. The molecule has 1 amide bonds. The number of carbonyl (C=O) groups excluding carboxylic acids is 1. The summed E-state index contributed by atoms with van der Waals surface area (Å²) in [6.07, 6.45) is 15.8. The highest BCUT2D eigenvalue weighted by atomic mass is 16.5. The zero-order valence-electron chi connectivity index (χ0n) is 17.0. The van der Waals surface area contributed by atoms with E-state index in [2.05, 4.69) is 17.5 Å². The van der Waals surface area contributed by atoms with E-state index in [0.29, 0.717) is 17.7 Å². The molecule has 152 valence electrons. The standard InChI is InChI=1S/C22H36N2O3/c1-3-4-5-6-7-8-9-10-11-12-13-14-22(26)24-23-18-19-17-20(27-2)15-16-21(19)25/h15-18,25H,3-14H2,1-2H3,(H,24,26)/b23-18-. The van der Waals surface area contributed by atoms with E-state index in [9.17, 15) is 9.90 Å². The summed E-state index contributed by atoms with van der Waals surface area (Å²) in [5.41, 5.74) is 3.01. The van der Waals surface area contributed by atoms with Crippen LogP contribution in [-0.2, 0) is 4.79 Å². The third-order valence-corrected chi connectivity index (χ3v) is 4.63. The zero-order chi connectivity index (χ0) is 19.7. The Morgan fingerprint density at radius 2 is 1.63 bits per heavy atom. The number of hydrazone groups is 1. The van der Waals surface area contributed by atoms with Crippen molar-refractivity contribution in [2.45, 2.75) is 84.0 Å². The van der Waals surface area contributed by atoms with Crippen LogP contribution in [0, 0.1) is 0 Å². The summed E-state index contributed by atoms with van der Waals surface area (Å²) in [6, 6.07) is 4.86. The number of benzene rings is 1. The molecule has 27 heavy (non-hydrogen) atoms. The molecule has 0 saturated carbocycles.